The van der Waals surface area contributed by atoms with Gasteiger partial charge in [-0.05, 0) is 25.3 Å². The molecule has 0 fully saturated rings. The Hall–Kier alpha value is -0.840. The van der Waals surface area contributed by atoms with Gasteiger partial charge in [-0.3, -0.25) is 4.68 Å². The van der Waals surface area contributed by atoms with Crippen molar-refractivity contribution in [3.8, 4) is 0 Å². The lowest BCUT2D eigenvalue weighted by Crippen LogP contribution is -2.15. The molecule has 5 heteroatoms. The molecule has 0 bridgehead atoms. The number of aryl methyl sites for hydroxylation is 2. The van der Waals surface area contributed by atoms with E-state index in [9.17, 15) is 0 Å². The second kappa shape index (κ2) is 5.21. The van der Waals surface area contributed by atoms with Gasteiger partial charge in [0.1, 0.15) is 0 Å². The number of aromatic nitrogens is 2. The van der Waals surface area contributed by atoms with Gasteiger partial charge in [-0.2, -0.15) is 5.10 Å². The van der Waals surface area contributed by atoms with Crippen molar-refractivity contribution in [1.29, 1.82) is 0 Å². The summed E-state index contributed by atoms with van der Waals surface area (Å²) < 4.78 is 1.94. The Kier molecular flexibility index (Phi) is 3.86. The van der Waals surface area contributed by atoms with Crippen LogP contribution in [-0.4, -0.2) is 9.78 Å². The molecule has 2 rings (SSSR count). The summed E-state index contributed by atoms with van der Waals surface area (Å²) in [6.07, 6.45) is 0.730. The first-order chi connectivity index (χ1) is 8.13. The predicted octanol–water partition coefficient (Wildman–Crippen LogP) is 3.17. The van der Waals surface area contributed by atoms with Gasteiger partial charge >= 0.3 is 0 Å². The van der Waals surface area contributed by atoms with E-state index < -0.39 is 0 Å². The van der Waals surface area contributed by atoms with Crippen molar-refractivity contribution in [2.45, 2.75) is 32.9 Å². The maximum absolute atomic E-state index is 6.26. The van der Waals surface area contributed by atoms with Crippen molar-refractivity contribution >= 4 is 22.9 Å². The number of halogens is 1. The van der Waals surface area contributed by atoms with Gasteiger partial charge in [-0.15, -0.1) is 11.3 Å². The second-order valence-corrected chi connectivity index (χ2v) is 5.35. The lowest BCUT2D eigenvalue weighted by Gasteiger charge is -2.11. The van der Waals surface area contributed by atoms with Crippen LogP contribution >= 0.6 is 22.9 Å². The Labute approximate surface area is 110 Å². The summed E-state index contributed by atoms with van der Waals surface area (Å²) in [5.41, 5.74) is 8.10. The predicted molar refractivity (Wildman–Crippen MR) is 72.6 cm³/mol. The van der Waals surface area contributed by atoms with E-state index in [0.717, 1.165) is 29.4 Å². The molecule has 2 aromatic heterocycles. The van der Waals surface area contributed by atoms with Crippen LogP contribution in [0.25, 0.3) is 0 Å². The quantitative estimate of drug-likeness (QED) is 0.927. The molecule has 2 aromatic rings. The first-order valence-corrected chi connectivity index (χ1v) is 6.90. The van der Waals surface area contributed by atoms with Gasteiger partial charge in [0, 0.05) is 23.9 Å². The second-order valence-electron chi connectivity index (χ2n) is 3.99. The smallest absolute Gasteiger partial charge is 0.0847 e. The van der Waals surface area contributed by atoms with Crippen molar-refractivity contribution in [2.24, 2.45) is 5.73 Å². The van der Waals surface area contributed by atoms with Crippen molar-refractivity contribution in [3.05, 3.63) is 38.8 Å². The minimum atomic E-state index is -0.00565. The molecule has 0 saturated heterocycles. The van der Waals surface area contributed by atoms with Crippen LogP contribution in [0, 0.1) is 6.92 Å². The average Bonchev–Trinajstić information content (AvgIpc) is 2.92. The highest BCUT2D eigenvalue weighted by Gasteiger charge is 2.17. The minimum absolute atomic E-state index is 0.00565. The van der Waals surface area contributed by atoms with Crippen LogP contribution in [0.5, 0.6) is 0 Å². The van der Waals surface area contributed by atoms with Crippen LogP contribution in [0.15, 0.2) is 17.5 Å². The molecular formula is C12H16ClN3S. The van der Waals surface area contributed by atoms with E-state index in [1.807, 2.05) is 23.1 Å². The number of nitrogens with zero attached hydrogens (tertiary/aromatic N) is 2. The largest absolute Gasteiger partial charge is 0.323 e. The molecule has 92 valence electrons. The molecule has 1 unspecified atom stereocenters. The number of hydrogen-bond donors (Lipinski definition) is 1. The fourth-order valence-corrected chi connectivity index (χ4v) is 2.82. The van der Waals surface area contributed by atoms with Gasteiger partial charge in [-0.1, -0.05) is 17.7 Å². The van der Waals surface area contributed by atoms with Crippen molar-refractivity contribution in [3.63, 3.8) is 0 Å². The lowest BCUT2D eigenvalue weighted by atomic mass is 10.1. The van der Waals surface area contributed by atoms with Gasteiger partial charge in [-0.25, -0.2) is 0 Å². The third kappa shape index (κ3) is 2.54. The zero-order chi connectivity index (χ0) is 12.4. The molecule has 2 N–H and O–H groups in total. The summed E-state index contributed by atoms with van der Waals surface area (Å²) in [5.74, 6) is 0. The van der Waals surface area contributed by atoms with Crippen LogP contribution in [-0.2, 0) is 13.0 Å². The molecule has 2 heterocycles. The molecule has 0 spiro atoms. The normalized spacial score (nSPS) is 12.9. The number of nitrogens with two attached hydrogens (primary N) is 1. The highest BCUT2D eigenvalue weighted by molar-refractivity contribution is 7.10. The zero-order valence-corrected chi connectivity index (χ0v) is 11.6. The number of rotatable bonds is 4. The van der Waals surface area contributed by atoms with E-state index >= 15 is 0 Å². The van der Waals surface area contributed by atoms with E-state index in [1.54, 1.807) is 11.3 Å². The molecular weight excluding hydrogens is 254 g/mol. The fourth-order valence-electron chi connectivity index (χ4n) is 1.88. The van der Waals surface area contributed by atoms with E-state index in [1.165, 1.54) is 4.88 Å². The standard InChI is InChI=1S/C12H16ClN3S/c1-3-16-10(12(13)8(2)15-16)7-9(14)11-5-4-6-17-11/h4-6,9H,3,7,14H2,1-2H3. The van der Waals surface area contributed by atoms with Crippen LogP contribution in [0.4, 0.5) is 0 Å². The Bertz CT molecular complexity index is 490. The van der Waals surface area contributed by atoms with Gasteiger partial charge in [0.15, 0.2) is 0 Å². The molecule has 0 aliphatic heterocycles. The number of hydrogen-bond acceptors (Lipinski definition) is 3. The Balaban J connectivity index is 2.24. The topological polar surface area (TPSA) is 43.8 Å². The van der Waals surface area contributed by atoms with Crippen LogP contribution < -0.4 is 5.73 Å². The maximum Gasteiger partial charge on any atom is 0.0847 e. The molecule has 0 aromatic carbocycles. The van der Waals surface area contributed by atoms with Gasteiger partial charge in [0.2, 0.25) is 0 Å². The third-order valence-electron chi connectivity index (χ3n) is 2.77. The Morgan fingerprint density at radius 2 is 2.35 bits per heavy atom. The lowest BCUT2D eigenvalue weighted by molar-refractivity contribution is 0.590. The van der Waals surface area contributed by atoms with Crippen LogP contribution in [0.3, 0.4) is 0 Å². The summed E-state index contributed by atoms with van der Waals surface area (Å²) in [6.45, 7) is 4.80. The monoisotopic (exact) mass is 269 g/mol. The minimum Gasteiger partial charge on any atom is -0.323 e. The molecule has 1 atom stereocenters. The highest BCUT2D eigenvalue weighted by atomic mass is 35.5. The molecule has 17 heavy (non-hydrogen) atoms. The zero-order valence-electron chi connectivity index (χ0n) is 9.98. The summed E-state index contributed by atoms with van der Waals surface area (Å²) in [6, 6.07) is 4.07. The SMILES string of the molecule is CCn1nc(C)c(Cl)c1CC(N)c1cccs1. The fraction of sp³-hybridized carbons (Fsp3) is 0.417. The van der Waals surface area contributed by atoms with Crippen LogP contribution in [0.1, 0.15) is 29.2 Å². The van der Waals surface area contributed by atoms with E-state index in [-0.39, 0.29) is 6.04 Å². The Morgan fingerprint density at radius 1 is 1.59 bits per heavy atom. The summed E-state index contributed by atoms with van der Waals surface area (Å²) in [4.78, 5) is 1.18. The molecule has 3 nitrogen and oxygen atoms in total. The first kappa shape index (κ1) is 12.6. The molecule has 0 radical (unpaired) electrons. The van der Waals surface area contributed by atoms with Gasteiger partial charge < -0.3 is 5.73 Å². The molecule has 0 amide bonds. The van der Waals surface area contributed by atoms with E-state index in [4.69, 9.17) is 17.3 Å². The maximum atomic E-state index is 6.26. The van der Waals surface area contributed by atoms with Gasteiger partial charge in [0.05, 0.1) is 16.4 Å². The molecule has 0 aliphatic carbocycles. The van der Waals surface area contributed by atoms with Crippen molar-refractivity contribution in [2.75, 3.05) is 0 Å². The summed E-state index contributed by atoms with van der Waals surface area (Å²) in [7, 11) is 0. The summed E-state index contributed by atoms with van der Waals surface area (Å²) in [5, 5.41) is 7.19. The van der Waals surface area contributed by atoms with Crippen molar-refractivity contribution < 1.29 is 0 Å². The van der Waals surface area contributed by atoms with Crippen molar-refractivity contribution in [1.82, 2.24) is 9.78 Å². The van der Waals surface area contributed by atoms with Crippen LogP contribution in [0.2, 0.25) is 5.02 Å². The third-order valence-corrected chi connectivity index (χ3v) is 4.27. The van der Waals surface area contributed by atoms with E-state index in [0.29, 0.717) is 0 Å². The number of thiophene rings is 1. The van der Waals surface area contributed by atoms with Gasteiger partial charge in [0.25, 0.3) is 0 Å². The average molecular weight is 270 g/mol. The highest BCUT2D eigenvalue weighted by Crippen LogP contribution is 2.26. The first-order valence-electron chi connectivity index (χ1n) is 5.64. The summed E-state index contributed by atoms with van der Waals surface area (Å²) >= 11 is 7.94. The molecule has 0 saturated carbocycles. The van der Waals surface area contributed by atoms with E-state index in [2.05, 4.69) is 18.1 Å². The Morgan fingerprint density at radius 3 is 2.94 bits per heavy atom. The molecule has 0 aliphatic rings.